The van der Waals surface area contributed by atoms with E-state index in [2.05, 4.69) is 0 Å². The lowest BCUT2D eigenvalue weighted by atomic mass is 9.83. The molecule has 0 aliphatic heterocycles. The second kappa shape index (κ2) is 5.15. The van der Waals surface area contributed by atoms with Gasteiger partial charge in [0, 0.05) is 5.02 Å². The average molecular weight is 243 g/mol. The number of benzene rings is 1. The van der Waals surface area contributed by atoms with Crippen LogP contribution in [-0.4, -0.2) is 5.11 Å². The molecule has 0 amide bonds. The van der Waals surface area contributed by atoms with Crippen molar-refractivity contribution in [1.29, 1.82) is 0 Å². The van der Waals surface area contributed by atoms with Crippen LogP contribution in [0.2, 0.25) is 5.02 Å². The summed E-state index contributed by atoms with van der Waals surface area (Å²) in [5, 5.41) is 10.5. The van der Waals surface area contributed by atoms with Crippen LogP contribution < -0.4 is 0 Å². The topological polar surface area (TPSA) is 20.2 Å². The van der Waals surface area contributed by atoms with Gasteiger partial charge in [-0.15, -0.1) is 0 Å². The van der Waals surface area contributed by atoms with E-state index in [-0.39, 0.29) is 11.7 Å². The summed E-state index contributed by atoms with van der Waals surface area (Å²) in [6, 6.07) is 4.22. The van der Waals surface area contributed by atoms with Gasteiger partial charge >= 0.3 is 0 Å². The Kier molecular flexibility index (Phi) is 3.82. The summed E-state index contributed by atoms with van der Waals surface area (Å²) in [5.41, 5.74) is 0.662. The summed E-state index contributed by atoms with van der Waals surface area (Å²) in [5.74, 6) is -0.0821. The minimum Gasteiger partial charge on any atom is -0.388 e. The molecule has 0 spiro atoms. The van der Waals surface area contributed by atoms with Crippen molar-refractivity contribution >= 4 is 11.6 Å². The number of halogens is 2. The summed E-state index contributed by atoms with van der Waals surface area (Å²) in [4.78, 5) is 0. The van der Waals surface area contributed by atoms with Crippen LogP contribution in [0.4, 0.5) is 4.39 Å². The van der Waals surface area contributed by atoms with Gasteiger partial charge in [-0.25, -0.2) is 4.39 Å². The minimum atomic E-state index is -0.548. The molecule has 1 unspecified atom stereocenters. The first kappa shape index (κ1) is 11.9. The Balaban J connectivity index is 2.15. The molecule has 1 N–H and O–H groups in total. The maximum absolute atomic E-state index is 12.9. The molecule has 88 valence electrons. The van der Waals surface area contributed by atoms with Gasteiger partial charge in [-0.05, 0) is 36.5 Å². The Bertz CT molecular complexity index is 361. The monoisotopic (exact) mass is 242 g/mol. The highest BCUT2D eigenvalue weighted by molar-refractivity contribution is 6.31. The van der Waals surface area contributed by atoms with E-state index in [4.69, 9.17) is 11.6 Å². The zero-order valence-electron chi connectivity index (χ0n) is 9.13. The summed E-state index contributed by atoms with van der Waals surface area (Å²) in [6.45, 7) is 0. The van der Waals surface area contributed by atoms with Crippen LogP contribution in [0.15, 0.2) is 18.2 Å². The molecule has 1 aromatic carbocycles. The fourth-order valence-electron chi connectivity index (χ4n) is 2.45. The van der Waals surface area contributed by atoms with Crippen LogP contribution in [0.5, 0.6) is 0 Å². The Labute approximate surface area is 100 Å². The van der Waals surface area contributed by atoms with E-state index in [1.165, 1.54) is 31.4 Å². The molecule has 1 saturated carbocycles. The fourth-order valence-corrected chi connectivity index (χ4v) is 2.72. The summed E-state index contributed by atoms with van der Waals surface area (Å²) in [6.07, 6.45) is 5.11. The van der Waals surface area contributed by atoms with Crippen LogP contribution in [0, 0.1) is 11.7 Å². The minimum absolute atomic E-state index is 0.275. The molecule has 0 heterocycles. The summed E-state index contributed by atoms with van der Waals surface area (Å²) in [7, 11) is 0. The smallest absolute Gasteiger partial charge is 0.124 e. The molecule has 1 aliphatic carbocycles. The van der Waals surface area contributed by atoms with Gasteiger partial charge in [-0.3, -0.25) is 0 Å². The average Bonchev–Trinajstić information content (AvgIpc) is 2.29. The highest BCUT2D eigenvalue weighted by Gasteiger charge is 2.24. The van der Waals surface area contributed by atoms with Crippen LogP contribution in [0.25, 0.3) is 0 Å². The zero-order chi connectivity index (χ0) is 11.5. The standard InChI is InChI=1S/C13H16ClFO/c14-12-8-10(15)6-7-11(12)13(16)9-4-2-1-3-5-9/h6-9,13,16H,1-5H2. The number of aliphatic hydroxyl groups is 1. The molecule has 1 aromatic rings. The highest BCUT2D eigenvalue weighted by atomic mass is 35.5. The Morgan fingerprint density at radius 1 is 1.25 bits per heavy atom. The predicted octanol–water partition coefficient (Wildman–Crippen LogP) is 4.09. The maximum Gasteiger partial charge on any atom is 0.124 e. The molecule has 1 aliphatic rings. The third-order valence-electron chi connectivity index (χ3n) is 3.38. The first-order valence-electron chi connectivity index (χ1n) is 5.81. The van der Waals surface area contributed by atoms with Crippen molar-refractivity contribution in [3.05, 3.63) is 34.6 Å². The second-order valence-electron chi connectivity index (χ2n) is 4.51. The lowest BCUT2D eigenvalue weighted by Gasteiger charge is -2.27. The normalized spacial score (nSPS) is 19.7. The van der Waals surface area contributed by atoms with Crippen molar-refractivity contribution in [2.45, 2.75) is 38.2 Å². The highest BCUT2D eigenvalue weighted by Crippen LogP contribution is 2.36. The van der Waals surface area contributed by atoms with E-state index in [0.717, 1.165) is 12.8 Å². The molecule has 0 radical (unpaired) electrons. The molecular weight excluding hydrogens is 227 g/mol. The molecule has 1 nitrogen and oxygen atoms in total. The SMILES string of the molecule is OC(c1ccc(F)cc1Cl)C1CCCCC1. The van der Waals surface area contributed by atoms with E-state index in [1.807, 2.05) is 0 Å². The number of rotatable bonds is 2. The lowest BCUT2D eigenvalue weighted by molar-refractivity contribution is 0.0849. The number of hydrogen-bond donors (Lipinski definition) is 1. The van der Waals surface area contributed by atoms with Crippen LogP contribution in [0.3, 0.4) is 0 Å². The van der Waals surface area contributed by atoms with Crippen LogP contribution in [-0.2, 0) is 0 Å². The van der Waals surface area contributed by atoms with Gasteiger partial charge in [0.2, 0.25) is 0 Å². The molecule has 2 rings (SSSR count). The van der Waals surface area contributed by atoms with Gasteiger partial charge in [0.1, 0.15) is 5.82 Å². The van der Waals surface area contributed by atoms with E-state index in [1.54, 1.807) is 6.07 Å². The molecule has 16 heavy (non-hydrogen) atoms. The molecule has 3 heteroatoms. The van der Waals surface area contributed by atoms with Crippen molar-refractivity contribution < 1.29 is 9.50 Å². The van der Waals surface area contributed by atoms with Crippen molar-refractivity contribution in [3.63, 3.8) is 0 Å². The van der Waals surface area contributed by atoms with Crippen LogP contribution >= 0.6 is 11.6 Å². The predicted molar refractivity (Wildman–Crippen MR) is 62.9 cm³/mol. The second-order valence-corrected chi connectivity index (χ2v) is 4.92. The first-order chi connectivity index (χ1) is 7.68. The van der Waals surface area contributed by atoms with Crippen molar-refractivity contribution in [3.8, 4) is 0 Å². The Morgan fingerprint density at radius 2 is 1.94 bits per heavy atom. The fraction of sp³-hybridized carbons (Fsp3) is 0.538. The van der Waals surface area contributed by atoms with E-state index in [0.29, 0.717) is 10.6 Å². The largest absolute Gasteiger partial charge is 0.388 e. The molecule has 0 aromatic heterocycles. The van der Waals surface area contributed by atoms with Gasteiger partial charge in [0.15, 0.2) is 0 Å². The number of hydrogen-bond acceptors (Lipinski definition) is 1. The van der Waals surface area contributed by atoms with Crippen molar-refractivity contribution in [2.24, 2.45) is 5.92 Å². The van der Waals surface area contributed by atoms with Gasteiger partial charge in [-0.1, -0.05) is 36.9 Å². The first-order valence-corrected chi connectivity index (χ1v) is 6.19. The Hall–Kier alpha value is -0.600. The van der Waals surface area contributed by atoms with Crippen LogP contribution in [0.1, 0.15) is 43.8 Å². The van der Waals surface area contributed by atoms with Crippen molar-refractivity contribution in [2.75, 3.05) is 0 Å². The number of aliphatic hydroxyl groups excluding tert-OH is 1. The van der Waals surface area contributed by atoms with E-state index < -0.39 is 6.10 Å². The summed E-state index contributed by atoms with van der Waals surface area (Å²) < 4.78 is 12.9. The van der Waals surface area contributed by atoms with E-state index >= 15 is 0 Å². The lowest BCUT2D eigenvalue weighted by Crippen LogP contribution is -2.16. The van der Waals surface area contributed by atoms with Crippen molar-refractivity contribution in [1.82, 2.24) is 0 Å². The summed E-state index contributed by atoms with van der Waals surface area (Å²) >= 11 is 5.94. The van der Waals surface area contributed by atoms with Gasteiger partial charge < -0.3 is 5.11 Å². The zero-order valence-corrected chi connectivity index (χ0v) is 9.88. The molecule has 0 saturated heterocycles. The molecular formula is C13H16ClFO. The Morgan fingerprint density at radius 3 is 2.56 bits per heavy atom. The molecule has 0 bridgehead atoms. The van der Waals surface area contributed by atoms with Gasteiger partial charge in [-0.2, -0.15) is 0 Å². The van der Waals surface area contributed by atoms with E-state index in [9.17, 15) is 9.50 Å². The van der Waals surface area contributed by atoms with Gasteiger partial charge in [0.05, 0.1) is 6.10 Å². The quantitative estimate of drug-likeness (QED) is 0.828. The molecule has 1 fully saturated rings. The third kappa shape index (κ3) is 2.55. The third-order valence-corrected chi connectivity index (χ3v) is 3.70. The van der Waals surface area contributed by atoms with Gasteiger partial charge in [0.25, 0.3) is 0 Å². The molecule has 1 atom stereocenters. The maximum atomic E-state index is 12.9.